The molecule has 3 rings (SSSR count). The van der Waals surface area contributed by atoms with Gasteiger partial charge in [0.05, 0.1) is 12.7 Å². The van der Waals surface area contributed by atoms with Gasteiger partial charge in [-0.15, -0.1) is 0 Å². The van der Waals surface area contributed by atoms with E-state index in [2.05, 4.69) is 0 Å². The van der Waals surface area contributed by atoms with Gasteiger partial charge < -0.3 is 9.84 Å². The lowest BCUT2D eigenvalue weighted by atomic mass is 9.82. The molecule has 1 atom stereocenters. The molecule has 0 spiro atoms. The summed E-state index contributed by atoms with van der Waals surface area (Å²) in [6.45, 7) is 6.06. The van der Waals surface area contributed by atoms with Crippen molar-refractivity contribution < 1.29 is 18.6 Å². The predicted octanol–water partition coefficient (Wildman–Crippen LogP) is 5.83. The minimum absolute atomic E-state index is 0.312. The lowest BCUT2D eigenvalue weighted by Crippen LogP contribution is -2.40. The standard InChI is InChI=1S/C22H20F2O2.C2H6/c1-16(26-15-17-5-3-2-4-6-17)22(25,18-7-11-20(23)12-8-18)19-9-13-21(24)14-10-19;1-2/h2-14,16,25H,15H2,1H3;1-2H3. The van der Waals surface area contributed by atoms with Crippen LogP contribution in [0.3, 0.4) is 0 Å². The average Bonchev–Trinajstić information content (AvgIpc) is 2.74. The van der Waals surface area contributed by atoms with Crippen LogP contribution in [-0.2, 0) is 16.9 Å². The van der Waals surface area contributed by atoms with Crippen molar-refractivity contribution in [2.24, 2.45) is 0 Å². The van der Waals surface area contributed by atoms with E-state index >= 15 is 0 Å². The summed E-state index contributed by atoms with van der Waals surface area (Å²) in [5.41, 5.74) is 0.382. The fourth-order valence-corrected chi connectivity index (χ4v) is 2.96. The van der Waals surface area contributed by atoms with Crippen molar-refractivity contribution in [3.05, 3.63) is 107 Å². The summed E-state index contributed by atoms with van der Waals surface area (Å²) in [6, 6.07) is 20.8. The van der Waals surface area contributed by atoms with Crippen molar-refractivity contribution >= 4 is 0 Å². The van der Waals surface area contributed by atoms with E-state index in [4.69, 9.17) is 4.74 Å². The first-order chi connectivity index (χ1) is 13.5. The Morgan fingerprint density at radius 3 is 1.64 bits per heavy atom. The molecule has 0 bridgehead atoms. The van der Waals surface area contributed by atoms with Crippen LogP contribution in [-0.4, -0.2) is 11.2 Å². The monoisotopic (exact) mass is 384 g/mol. The number of halogens is 2. The van der Waals surface area contributed by atoms with Gasteiger partial charge in [0.15, 0.2) is 0 Å². The van der Waals surface area contributed by atoms with Crippen LogP contribution in [0.4, 0.5) is 8.78 Å². The fourth-order valence-electron chi connectivity index (χ4n) is 2.96. The highest BCUT2D eigenvalue weighted by Crippen LogP contribution is 2.35. The Hall–Kier alpha value is -2.56. The van der Waals surface area contributed by atoms with Crippen molar-refractivity contribution in [2.75, 3.05) is 0 Å². The first-order valence-corrected chi connectivity index (χ1v) is 9.40. The molecule has 28 heavy (non-hydrogen) atoms. The zero-order valence-electron chi connectivity index (χ0n) is 16.4. The second-order valence-corrected chi connectivity index (χ2v) is 6.22. The second-order valence-electron chi connectivity index (χ2n) is 6.22. The van der Waals surface area contributed by atoms with Gasteiger partial charge in [0.1, 0.15) is 17.2 Å². The Morgan fingerprint density at radius 1 is 0.786 bits per heavy atom. The molecule has 0 saturated heterocycles. The third-order valence-electron chi connectivity index (χ3n) is 4.50. The van der Waals surface area contributed by atoms with E-state index in [-0.39, 0.29) is 0 Å². The van der Waals surface area contributed by atoms with E-state index in [0.717, 1.165) is 5.56 Å². The topological polar surface area (TPSA) is 29.5 Å². The van der Waals surface area contributed by atoms with E-state index in [9.17, 15) is 13.9 Å². The maximum absolute atomic E-state index is 13.3. The lowest BCUT2D eigenvalue weighted by molar-refractivity contribution is -0.0872. The van der Waals surface area contributed by atoms with Crippen molar-refractivity contribution in [3.63, 3.8) is 0 Å². The molecule has 0 aromatic heterocycles. The summed E-state index contributed by atoms with van der Waals surface area (Å²) in [5.74, 6) is -0.791. The number of rotatable bonds is 6. The number of benzene rings is 3. The predicted molar refractivity (Wildman–Crippen MR) is 108 cm³/mol. The number of hydrogen-bond acceptors (Lipinski definition) is 2. The Bertz CT molecular complexity index is 785. The zero-order chi connectivity index (χ0) is 20.6. The molecule has 4 heteroatoms. The van der Waals surface area contributed by atoms with Crippen molar-refractivity contribution in [1.29, 1.82) is 0 Å². The quantitative estimate of drug-likeness (QED) is 0.579. The molecule has 0 radical (unpaired) electrons. The highest BCUT2D eigenvalue weighted by Gasteiger charge is 2.38. The van der Waals surface area contributed by atoms with Crippen LogP contribution in [0.5, 0.6) is 0 Å². The molecular weight excluding hydrogens is 358 g/mol. The van der Waals surface area contributed by atoms with Crippen LogP contribution in [0.25, 0.3) is 0 Å². The van der Waals surface area contributed by atoms with Gasteiger partial charge in [-0.25, -0.2) is 8.78 Å². The van der Waals surface area contributed by atoms with Crippen LogP contribution in [0.1, 0.15) is 37.5 Å². The van der Waals surface area contributed by atoms with E-state index in [0.29, 0.717) is 17.7 Å². The fraction of sp³-hybridized carbons (Fsp3) is 0.250. The minimum atomic E-state index is -1.55. The molecule has 1 N–H and O–H groups in total. The van der Waals surface area contributed by atoms with Crippen LogP contribution >= 0.6 is 0 Å². The maximum Gasteiger partial charge on any atom is 0.140 e. The van der Waals surface area contributed by atoms with Crippen molar-refractivity contribution in [3.8, 4) is 0 Å². The molecule has 2 nitrogen and oxygen atoms in total. The molecule has 0 heterocycles. The zero-order valence-corrected chi connectivity index (χ0v) is 16.4. The molecular formula is C24H26F2O2. The van der Waals surface area contributed by atoms with Gasteiger partial charge in [0.2, 0.25) is 0 Å². The van der Waals surface area contributed by atoms with Gasteiger partial charge in [-0.05, 0) is 47.9 Å². The Morgan fingerprint density at radius 2 is 1.21 bits per heavy atom. The van der Waals surface area contributed by atoms with Crippen molar-refractivity contribution in [1.82, 2.24) is 0 Å². The second kappa shape index (κ2) is 10.1. The van der Waals surface area contributed by atoms with Gasteiger partial charge >= 0.3 is 0 Å². The van der Waals surface area contributed by atoms with Crippen LogP contribution in [0.2, 0.25) is 0 Å². The SMILES string of the molecule is CC.CC(OCc1ccccc1)C(O)(c1ccc(F)cc1)c1ccc(F)cc1. The number of hydrogen-bond donors (Lipinski definition) is 1. The Kier molecular flexibility index (Phi) is 7.85. The summed E-state index contributed by atoms with van der Waals surface area (Å²) in [6.07, 6.45) is -0.654. The molecule has 0 aliphatic rings. The van der Waals surface area contributed by atoms with E-state index in [1.165, 1.54) is 48.5 Å². The molecule has 0 aliphatic carbocycles. The van der Waals surface area contributed by atoms with Gasteiger partial charge in [-0.1, -0.05) is 68.4 Å². The highest BCUT2D eigenvalue weighted by atomic mass is 19.1. The van der Waals surface area contributed by atoms with Gasteiger partial charge in [0, 0.05) is 0 Å². The summed E-state index contributed by atoms with van der Waals surface area (Å²) in [5, 5.41) is 11.5. The molecule has 148 valence electrons. The van der Waals surface area contributed by atoms with E-state index < -0.39 is 23.3 Å². The molecule has 0 saturated carbocycles. The molecule has 0 amide bonds. The molecule has 0 fully saturated rings. The smallest absolute Gasteiger partial charge is 0.140 e. The van der Waals surface area contributed by atoms with Crippen LogP contribution in [0.15, 0.2) is 78.9 Å². The molecule has 0 aliphatic heterocycles. The number of ether oxygens (including phenoxy) is 1. The average molecular weight is 384 g/mol. The maximum atomic E-state index is 13.3. The molecule has 1 unspecified atom stereocenters. The normalized spacial score (nSPS) is 12.1. The van der Waals surface area contributed by atoms with Gasteiger partial charge in [-0.2, -0.15) is 0 Å². The third-order valence-corrected chi connectivity index (χ3v) is 4.50. The number of aliphatic hydroxyl groups is 1. The van der Waals surface area contributed by atoms with Crippen LogP contribution < -0.4 is 0 Å². The third kappa shape index (κ3) is 5.03. The van der Waals surface area contributed by atoms with Gasteiger partial charge in [0.25, 0.3) is 0 Å². The summed E-state index contributed by atoms with van der Waals surface area (Å²) < 4.78 is 32.6. The molecule has 3 aromatic rings. The minimum Gasteiger partial charge on any atom is -0.378 e. The largest absolute Gasteiger partial charge is 0.378 e. The first kappa shape index (κ1) is 21.7. The molecule has 3 aromatic carbocycles. The Labute approximate surface area is 165 Å². The van der Waals surface area contributed by atoms with Crippen LogP contribution in [0, 0.1) is 11.6 Å². The highest BCUT2D eigenvalue weighted by molar-refractivity contribution is 5.37. The summed E-state index contributed by atoms with van der Waals surface area (Å²) in [7, 11) is 0. The van der Waals surface area contributed by atoms with E-state index in [1.54, 1.807) is 6.92 Å². The summed E-state index contributed by atoms with van der Waals surface area (Å²) in [4.78, 5) is 0. The first-order valence-electron chi connectivity index (χ1n) is 9.40. The van der Waals surface area contributed by atoms with Gasteiger partial charge in [-0.3, -0.25) is 0 Å². The summed E-state index contributed by atoms with van der Waals surface area (Å²) >= 11 is 0. The van der Waals surface area contributed by atoms with Crippen molar-refractivity contribution in [2.45, 2.75) is 39.1 Å². The van der Waals surface area contributed by atoms with E-state index in [1.807, 2.05) is 44.2 Å². The lowest BCUT2D eigenvalue weighted by Gasteiger charge is -2.35. The Balaban J connectivity index is 0.00000136.